The lowest BCUT2D eigenvalue weighted by atomic mass is 10.1. The average Bonchev–Trinajstić information content (AvgIpc) is 3.12. The van der Waals surface area contributed by atoms with E-state index in [1.54, 1.807) is 26.2 Å². The maximum Gasteiger partial charge on any atom is 0.266 e. The van der Waals surface area contributed by atoms with Crippen LogP contribution in [0.1, 0.15) is 11.3 Å². The number of hydrogen-bond acceptors (Lipinski definition) is 6. The molecule has 0 aliphatic rings. The van der Waals surface area contributed by atoms with Gasteiger partial charge in [0.05, 0.1) is 19.9 Å². The molecule has 8 nitrogen and oxygen atoms in total. The fourth-order valence-corrected chi connectivity index (χ4v) is 4.91. The SMILES string of the molecule is COc1ccc(Cl)cc1S(=O)(=O)Nc1cc(C)nn1-c1cc(C)c2cccc(OC)c2n1. The van der Waals surface area contributed by atoms with Gasteiger partial charge in [0.1, 0.15) is 27.7 Å². The largest absolute Gasteiger partial charge is 0.495 e. The zero-order valence-electron chi connectivity index (χ0n) is 17.9. The van der Waals surface area contributed by atoms with Crippen LogP contribution in [0.15, 0.2) is 53.4 Å². The monoisotopic (exact) mass is 472 g/mol. The van der Waals surface area contributed by atoms with Gasteiger partial charge in [0.2, 0.25) is 0 Å². The van der Waals surface area contributed by atoms with Gasteiger partial charge in [0.15, 0.2) is 5.82 Å². The predicted molar refractivity (Wildman–Crippen MR) is 124 cm³/mol. The van der Waals surface area contributed by atoms with Crippen LogP contribution in [0.4, 0.5) is 5.82 Å². The average molecular weight is 473 g/mol. The van der Waals surface area contributed by atoms with Crippen LogP contribution in [0.2, 0.25) is 5.02 Å². The molecule has 10 heteroatoms. The number of anilines is 1. The van der Waals surface area contributed by atoms with Crippen molar-refractivity contribution < 1.29 is 17.9 Å². The summed E-state index contributed by atoms with van der Waals surface area (Å²) in [6, 6.07) is 13.5. The number of ether oxygens (including phenoxy) is 2. The normalized spacial score (nSPS) is 11.5. The standard InChI is InChI=1S/C22H21ClN4O4S/c1-13-10-20(24-22-16(13)6-5-7-18(22)31-4)27-21(11-14(2)25-27)26-32(28,29)19-12-15(23)8-9-17(19)30-3/h5-12,26H,1-4H3. The molecule has 0 aliphatic carbocycles. The van der Waals surface area contributed by atoms with E-state index in [9.17, 15) is 8.42 Å². The molecule has 166 valence electrons. The van der Waals surface area contributed by atoms with Gasteiger partial charge in [-0.3, -0.25) is 4.72 Å². The predicted octanol–water partition coefficient (Wildman–Crippen LogP) is 4.51. The number of nitrogens with one attached hydrogen (secondary N) is 1. The molecular formula is C22H21ClN4O4S. The number of benzene rings is 2. The number of methoxy groups -OCH3 is 2. The van der Waals surface area contributed by atoms with Gasteiger partial charge in [0, 0.05) is 16.5 Å². The van der Waals surface area contributed by atoms with Crippen LogP contribution < -0.4 is 14.2 Å². The molecule has 0 radical (unpaired) electrons. The highest BCUT2D eigenvalue weighted by molar-refractivity contribution is 7.92. The van der Waals surface area contributed by atoms with Crippen molar-refractivity contribution in [3.63, 3.8) is 0 Å². The lowest BCUT2D eigenvalue weighted by Crippen LogP contribution is -2.17. The Morgan fingerprint density at radius 1 is 1.00 bits per heavy atom. The van der Waals surface area contributed by atoms with Gasteiger partial charge in [-0.05, 0) is 49.7 Å². The third kappa shape index (κ3) is 3.96. The fraction of sp³-hybridized carbons (Fsp3) is 0.182. The van der Waals surface area contributed by atoms with E-state index in [1.165, 1.54) is 23.9 Å². The number of pyridine rings is 1. The van der Waals surface area contributed by atoms with Crippen LogP contribution in [0.3, 0.4) is 0 Å². The molecule has 0 aliphatic heterocycles. The van der Waals surface area contributed by atoms with Crippen LogP contribution in [0.5, 0.6) is 11.5 Å². The second kappa shape index (κ2) is 8.33. The minimum atomic E-state index is -4.03. The van der Waals surface area contributed by atoms with Crippen LogP contribution in [0, 0.1) is 13.8 Å². The quantitative estimate of drug-likeness (QED) is 0.443. The highest BCUT2D eigenvalue weighted by Crippen LogP contribution is 2.31. The van der Waals surface area contributed by atoms with E-state index >= 15 is 0 Å². The zero-order valence-corrected chi connectivity index (χ0v) is 19.5. The Bertz CT molecular complexity index is 1430. The van der Waals surface area contributed by atoms with Gasteiger partial charge in [-0.25, -0.2) is 13.4 Å². The number of aromatic nitrogens is 3. The molecule has 2 aromatic heterocycles. The van der Waals surface area contributed by atoms with Crippen molar-refractivity contribution >= 4 is 38.3 Å². The summed E-state index contributed by atoms with van der Waals surface area (Å²) in [7, 11) is -1.06. The van der Waals surface area contributed by atoms with E-state index in [2.05, 4.69) is 9.82 Å². The molecule has 0 unspecified atom stereocenters. The topological polar surface area (TPSA) is 95.3 Å². The van der Waals surface area contributed by atoms with Gasteiger partial charge >= 0.3 is 0 Å². The number of hydrogen-bond donors (Lipinski definition) is 1. The molecule has 0 spiro atoms. The molecule has 4 aromatic rings. The van der Waals surface area contributed by atoms with Gasteiger partial charge in [-0.1, -0.05) is 23.7 Å². The summed E-state index contributed by atoms with van der Waals surface area (Å²) in [6.45, 7) is 3.72. The Morgan fingerprint density at radius 2 is 1.75 bits per heavy atom. The molecular weight excluding hydrogens is 452 g/mol. The van der Waals surface area contributed by atoms with Crippen LogP contribution in [-0.4, -0.2) is 37.4 Å². The fourth-order valence-electron chi connectivity index (χ4n) is 3.45. The number of nitrogens with zero attached hydrogens (tertiary/aromatic N) is 3. The summed E-state index contributed by atoms with van der Waals surface area (Å²) in [4.78, 5) is 4.62. The van der Waals surface area contributed by atoms with Crippen molar-refractivity contribution in [2.75, 3.05) is 18.9 Å². The van der Waals surface area contributed by atoms with Crippen molar-refractivity contribution in [2.45, 2.75) is 18.7 Å². The lowest BCUT2D eigenvalue weighted by molar-refractivity contribution is 0.403. The number of halogens is 1. The summed E-state index contributed by atoms with van der Waals surface area (Å²) in [5, 5.41) is 5.66. The molecule has 4 rings (SSSR count). The second-order valence-corrected chi connectivity index (χ2v) is 9.22. The maximum absolute atomic E-state index is 13.2. The third-order valence-electron chi connectivity index (χ3n) is 4.92. The Labute approximate surface area is 190 Å². The molecule has 0 saturated carbocycles. The van der Waals surface area contributed by atoms with Crippen LogP contribution in [-0.2, 0) is 10.0 Å². The van der Waals surface area contributed by atoms with Crippen molar-refractivity contribution in [1.82, 2.24) is 14.8 Å². The van der Waals surface area contributed by atoms with Crippen LogP contribution >= 0.6 is 11.6 Å². The number of rotatable bonds is 6. The second-order valence-electron chi connectivity index (χ2n) is 7.14. The summed E-state index contributed by atoms with van der Waals surface area (Å²) < 4.78 is 41.0. The van der Waals surface area contributed by atoms with E-state index in [1.807, 2.05) is 31.2 Å². The number of para-hydroxylation sites is 1. The van der Waals surface area contributed by atoms with Gasteiger partial charge in [0.25, 0.3) is 10.0 Å². The Balaban J connectivity index is 1.84. The molecule has 0 saturated heterocycles. The first-order valence-corrected chi connectivity index (χ1v) is 11.5. The molecule has 32 heavy (non-hydrogen) atoms. The first-order chi connectivity index (χ1) is 15.2. The highest BCUT2D eigenvalue weighted by Gasteiger charge is 2.23. The van der Waals surface area contributed by atoms with Gasteiger partial charge in [-0.15, -0.1) is 0 Å². The lowest BCUT2D eigenvalue weighted by Gasteiger charge is -2.14. The minimum absolute atomic E-state index is 0.0813. The smallest absolute Gasteiger partial charge is 0.266 e. The molecule has 2 heterocycles. The first-order valence-electron chi connectivity index (χ1n) is 9.61. The minimum Gasteiger partial charge on any atom is -0.495 e. The molecule has 1 N–H and O–H groups in total. The van der Waals surface area contributed by atoms with Gasteiger partial charge < -0.3 is 9.47 Å². The summed E-state index contributed by atoms with van der Waals surface area (Å²) in [5.41, 5.74) is 2.21. The Morgan fingerprint density at radius 3 is 2.47 bits per heavy atom. The van der Waals surface area contributed by atoms with E-state index in [0.717, 1.165) is 10.9 Å². The molecule has 0 amide bonds. The van der Waals surface area contributed by atoms with Crippen molar-refractivity contribution in [3.05, 3.63) is 64.8 Å². The molecule has 2 aromatic carbocycles. The van der Waals surface area contributed by atoms with E-state index in [0.29, 0.717) is 22.8 Å². The molecule has 0 fully saturated rings. The van der Waals surface area contributed by atoms with Gasteiger partial charge in [-0.2, -0.15) is 9.78 Å². The summed E-state index contributed by atoms with van der Waals surface area (Å²) in [6.07, 6.45) is 0. The maximum atomic E-state index is 13.2. The van der Waals surface area contributed by atoms with Crippen LogP contribution in [0.25, 0.3) is 16.7 Å². The molecule has 0 bridgehead atoms. The van der Waals surface area contributed by atoms with Crippen molar-refractivity contribution in [2.24, 2.45) is 0 Å². The van der Waals surface area contributed by atoms with E-state index in [-0.39, 0.29) is 21.5 Å². The first kappa shape index (κ1) is 21.9. The van der Waals surface area contributed by atoms with Crippen molar-refractivity contribution in [1.29, 1.82) is 0 Å². The van der Waals surface area contributed by atoms with E-state index < -0.39 is 10.0 Å². The third-order valence-corrected chi connectivity index (χ3v) is 6.53. The zero-order chi connectivity index (χ0) is 23.0. The Kier molecular flexibility index (Phi) is 5.70. The van der Waals surface area contributed by atoms with E-state index in [4.69, 9.17) is 26.1 Å². The number of aryl methyl sites for hydroxylation is 2. The Hall–Kier alpha value is -3.30. The highest BCUT2D eigenvalue weighted by atomic mass is 35.5. The van der Waals surface area contributed by atoms with Crippen molar-refractivity contribution in [3.8, 4) is 17.3 Å². The number of fused-ring (bicyclic) bond motifs is 1. The summed E-state index contributed by atoms with van der Waals surface area (Å²) in [5.74, 6) is 1.46. The summed E-state index contributed by atoms with van der Waals surface area (Å²) >= 11 is 6.03. The molecule has 0 atom stereocenters. The number of sulfonamides is 1.